The van der Waals surface area contributed by atoms with E-state index in [4.69, 9.17) is 9.47 Å². The number of amides is 3. The van der Waals surface area contributed by atoms with E-state index in [1.165, 1.54) is 31.2 Å². The number of hydrogen-bond donors (Lipinski definition) is 2. The van der Waals surface area contributed by atoms with Gasteiger partial charge < -0.3 is 39.8 Å². The number of fused-ring (bicyclic) bond motifs is 3. The molecule has 428 valence electrons. The number of rotatable bonds is 10. The van der Waals surface area contributed by atoms with Crippen molar-refractivity contribution in [2.24, 2.45) is 0 Å². The Kier molecular flexibility index (Phi) is 30.8. The second kappa shape index (κ2) is 35.6. The molecule has 13 nitrogen and oxygen atoms in total. The van der Waals surface area contributed by atoms with Gasteiger partial charge in [0.05, 0.1) is 6.54 Å². The van der Waals surface area contributed by atoms with Crippen molar-refractivity contribution < 1.29 is 98.7 Å². The molecule has 0 spiro atoms. The van der Waals surface area contributed by atoms with Crippen molar-refractivity contribution in [3.63, 3.8) is 0 Å². The van der Waals surface area contributed by atoms with E-state index in [9.17, 15) is 37.9 Å². The Hall–Kier alpha value is -5.17. The second-order valence-corrected chi connectivity index (χ2v) is 21.0. The average molecular weight is 1130 g/mol. The van der Waals surface area contributed by atoms with Crippen molar-refractivity contribution in [2.45, 2.75) is 131 Å². The molecule has 80 heavy (non-hydrogen) atoms. The quantitative estimate of drug-likeness (QED) is 0.144. The summed E-state index contributed by atoms with van der Waals surface area (Å²) in [7, 11) is 0. The van der Waals surface area contributed by atoms with E-state index in [2.05, 4.69) is 28.5 Å². The van der Waals surface area contributed by atoms with Crippen LogP contribution in [0.15, 0.2) is 121 Å². The fourth-order valence-corrected chi connectivity index (χ4v) is 9.10. The van der Waals surface area contributed by atoms with Crippen LogP contribution in [0, 0.1) is 11.6 Å². The molecule has 5 heterocycles. The summed E-state index contributed by atoms with van der Waals surface area (Å²) in [6.45, 7) is 19.2. The van der Waals surface area contributed by atoms with Crippen LogP contribution in [0.25, 0.3) is 0 Å². The molecule has 1 atom stereocenters. The fourth-order valence-electron chi connectivity index (χ4n) is 9.10. The molecule has 5 aliphatic heterocycles. The summed E-state index contributed by atoms with van der Waals surface area (Å²) in [5.74, 6) is 1.51. The number of ketones is 2. The smallest absolute Gasteiger partial charge is 0.850 e. The van der Waals surface area contributed by atoms with E-state index in [1.54, 1.807) is 56.9 Å². The van der Waals surface area contributed by atoms with E-state index in [0.29, 0.717) is 19.0 Å². The SMILES string of the molecule is C.CC(=O)CN1CCc2ccccc2C1=O.CC(C)(C)[O-].CC(CN1CCc2ccccc2C1=O)N1CCC(Oc2ccc(F)cc2)CC1.CCC(C)=O.Fc1ccc(OC2CCNCC2)cc1.O=C1NCCc2ccccc21.[K+]. The normalized spacial score (nSPS) is 16.1. The number of nitrogens with zero attached hydrogens (tertiary/aromatic N) is 3. The summed E-state index contributed by atoms with van der Waals surface area (Å²) >= 11 is 0. The molecule has 5 aliphatic rings. The number of piperidine rings is 2. The number of hydrogen-bond acceptors (Lipinski definition) is 10. The van der Waals surface area contributed by atoms with Crippen LogP contribution >= 0.6 is 0 Å². The third-order valence-corrected chi connectivity index (χ3v) is 13.3. The maximum atomic E-state index is 13.0. The maximum Gasteiger partial charge on any atom is 1.00 e. The van der Waals surface area contributed by atoms with Crippen LogP contribution in [0.2, 0.25) is 0 Å². The molecule has 16 heteroatoms. The molecule has 1 unspecified atom stereocenters. The zero-order valence-electron chi connectivity index (χ0n) is 47.7. The first-order valence-corrected chi connectivity index (χ1v) is 27.4. The summed E-state index contributed by atoms with van der Waals surface area (Å²) < 4.78 is 37.3. The predicted molar refractivity (Wildman–Crippen MR) is 307 cm³/mol. The number of ether oxygens (including phenoxy) is 2. The Morgan fingerprint density at radius 3 is 1.45 bits per heavy atom. The van der Waals surface area contributed by atoms with Crippen LogP contribution in [-0.2, 0) is 28.9 Å². The molecule has 0 radical (unpaired) electrons. The molecule has 2 saturated heterocycles. The summed E-state index contributed by atoms with van der Waals surface area (Å²) in [6, 6.07) is 36.0. The van der Waals surface area contributed by atoms with Gasteiger partial charge in [0.15, 0.2) is 0 Å². The van der Waals surface area contributed by atoms with Crippen molar-refractivity contribution >= 4 is 29.3 Å². The van der Waals surface area contributed by atoms with Crippen molar-refractivity contribution in [1.29, 1.82) is 0 Å². The number of likely N-dealkylation sites (tertiary alicyclic amines) is 1. The molecule has 5 aromatic carbocycles. The van der Waals surface area contributed by atoms with Gasteiger partial charge in [0.2, 0.25) is 0 Å². The van der Waals surface area contributed by atoms with Crippen LogP contribution in [0.5, 0.6) is 11.5 Å². The van der Waals surface area contributed by atoms with Crippen LogP contribution in [-0.4, -0.2) is 127 Å². The fraction of sp³-hybridized carbons (Fsp3) is 0.453. The second-order valence-electron chi connectivity index (χ2n) is 21.0. The number of nitrogens with one attached hydrogen (secondary N) is 2. The number of benzene rings is 5. The van der Waals surface area contributed by atoms with Crippen LogP contribution in [0.4, 0.5) is 8.78 Å². The average Bonchev–Trinajstić information content (AvgIpc) is 3.42. The Balaban J connectivity index is 0.000000277. The van der Waals surface area contributed by atoms with Gasteiger partial charge in [-0.05, 0) is 162 Å². The van der Waals surface area contributed by atoms with Gasteiger partial charge >= 0.3 is 51.4 Å². The Morgan fingerprint density at radius 2 is 1.01 bits per heavy atom. The minimum atomic E-state index is -0.750. The zero-order chi connectivity index (χ0) is 56.6. The molecule has 2 fully saturated rings. The summed E-state index contributed by atoms with van der Waals surface area (Å²) in [6.07, 6.45) is 7.78. The largest absolute Gasteiger partial charge is 1.00 e. The molecule has 5 aromatic rings. The maximum absolute atomic E-state index is 13.0. The zero-order valence-corrected chi connectivity index (χ0v) is 50.8. The Bertz CT molecular complexity index is 2680. The van der Waals surface area contributed by atoms with Gasteiger partial charge in [-0.1, -0.05) is 89.7 Å². The molecule has 0 bridgehead atoms. The van der Waals surface area contributed by atoms with E-state index in [-0.39, 0.29) is 118 Å². The summed E-state index contributed by atoms with van der Waals surface area (Å²) in [5.41, 5.74) is 5.09. The standard InChI is InChI=1S/C23H27FN2O2.C12H13NO2.C11H14FNO.C9H9NO.C4H9O.C4H8O.CH4.K/c1-17(16-26-13-10-18-4-2-3-5-22(18)23(26)27)25-14-11-21(12-15-25)28-20-8-6-19(24)7-9-20;1-9(14)8-13-7-6-10-4-2-3-5-11(10)12(13)15;12-9-1-3-10(4-2-9)14-11-5-7-13-8-6-11;11-9-8-4-2-1-3-7(8)5-6-10-9;1-4(2,3)5;1-3-4(2)5;;/h2-9,17,21H,10-16H2,1H3;2-5H,6-8H2,1H3;1-4,11,13H,5-8H2;1-4H,5-6H2,(H,10,11);1-3H3;3H2,1-2H3;1H4;/q;;;;-1;;;+1. The van der Waals surface area contributed by atoms with Gasteiger partial charge in [0.1, 0.15) is 46.9 Å². The predicted octanol–water partition coefficient (Wildman–Crippen LogP) is 6.73. The van der Waals surface area contributed by atoms with E-state index in [0.717, 1.165) is 136 Å². The minimum absolute atomic E-state index is 0. The molecular formula is C64H84F2KN5O8. The molecular weight excluding hydrogens is 1040 g/mol. The van der Waals surface area contributed by atoms with E-state index >= 15 is 0 Å². The van der Waals surface area contributed by atoms with Gasteiger partial charge in [-0.15, -0.1) is 5.60 Å². The first-order valence-electron chi connectivity index (χ1n) is 27.4. The molecule has 2 N–H and O–H groups in total. The molecule has 0 aliphatic carbocycles. The number of halogens is 2. The van der Waals surface area contributed by atoms with Gasteiger partial charge in [-0.3, -0.25) is 24.1 Å². The number of carbonyl (C=O) groups excluding carboxylic acids is 5. The summed E-state index contributed by atoms with van der Waals surface area (Å²) in [4.78, 5) is 62.7. The van der Waals surface area contributed by atoms with E-state index < -0.39 is 5.60 Å². The van der Waals surface area contributed by atoms with Crippen LogP contribution < -0.4 is 76.6 Å². The minimum Gasteiger partial charge on any atom is -0.850 e. The molecule has 0 saturated carbocycles. The third-order valence-electron chi connectivity index (χ3n) is 13.3. The van der Waals surface area contributed by atoms with Crippen molar-refractivity contribution in [2.75, 3.05) is 58.9 Å². The topological polar surface area (TPSA) is 161 Å². The van der Waals surface area contributed by atoms with E-state index in [1.807, 2.05) is 78.6 Å². The van der Waals surface area contributed by atoms with Crippen molar-refractivity contribution in [3.8, 4) is 11.5 Å². The Labute approximate surface area is 517 Å². The van der Waals surface area contributed by atoms with Gasteiger partial charge in [0, 0.05) is 68.4 Å². The third kappa shape index (κ3) is 24.5. The van der Waals surface area contributed by atoms with Gasteiger partial charge in [-0.25, -0.2) is 8.78 Å². The monoisotopic (exact) mass is 1130 g/mol. The number of carbonyl (C=O) groups is 5. The van der Waals surface area contributed by atoms with Crippen molar-refractivity contribution in [3.05, 3.63) is 166 Å². The van der Waals surface area contributed by atoms with Gasteiger partial charge in [-0.2, -0.15) is 0 Å². The van der Waals surface area contributed by atoms with Crippen molar-refractivity contribution in [1.82, 2.24) is 25.3 Å². The Morgan fingerprint density at radius 1 is 0.613 bits per heavy atom. The number of Topliss-reactive ketones (excluding diaryl/α,β-unsaturated/α-hetero) is 2. The van der Waals surface area contributed by atoms with Gasteiger partial charge in [0.25, 0.3) is 17.7 Å². The summed E-state index contributed by atoms with van der Waals surface area (Å²) in [5, 5.41) is 16.2. The first-order chi connectivity index (χ1) is 37.3. The van der Waals surface area contributed by atoms with Crippen LogP contribution in [0.1, 0.15) is 136 Å². The first kappa shape index (κ1) is 69.1. The molecule has 0 aromatic heterocycles. The van der Waals surface area contributed by atoms with Crippen LogP contribution in [0.3, 0.4) is 0 Å². The molecule has 3 amide bonds. The molecule has 10 rings (SSSR count).